The number of para-hydroxylation sites is 1. The maximum Gasteiger partial charge on any atom is 0.411 e. The predicted molar refractivity (Wildman–Crippen MR) is 103 cm³/mol. The van der Waals surface area contributed by atoms with E-state index >= 15 is 0 Å². The lowest BCUT2D eigenvalue weighted by Gasteiger charge is -2.25. The van der Waals surface area contributed by atoms with Gasteiger partial charge in [0.15, 0.2) is 0 Å². The molecule has 4 nitrogen and oxygen atoms in total. The molecular formula is C21H22F3N3O. The van der Waals surface area contributed by atoms with Gasteiger partial charge in [0.2, 0.25) is 0 Å². The summed E-state index contributed by atoms with van der Waals surface area (Å²) >= 11 is 0. The molecule has 0 aliphatic heterocycles. The molecule has 1 saturated carbocycles. The molecule has 1 aliphatic carbocycles. The van der Waals surface area contributed by atoms with Crippen molar-refractivity contribution in [2.75, 3.05) is 7.05 Å². The van der Waals surface area contributed by atoms with Gasteiger partial charge in [0, 0.05) is 41.9 Å². The number of fused-ring (bicyclic) bond motifs is 3. The number of nitrogens with one attached hydrogen (secondary N) is 1. The molecule has 0 saturated heterocycles. The minimum absolute atomic E-state index is 0.0570. The molecule has 28 heavy (non-hydrogen) atoms. The third kappa shape index (κ3) is 2.99. The third-order valence-corrected chi connectivity index (χ3v) is 5.56. The van der Waals surface area contributed by atoms with E-state index in [0.717, 1.165) is 33.9 Å². The maximum atomic E-state index is 13.1. The van der Waals surface area contributed by atoms with E-state index in [0.29, 0.717) is 0 Å². The Morgan fingerprint density at radius 3 is 2.46 bits per heavy atom. The fraction of sp³-hybridized carbons (Fsp3) is 0.381. The van der Waals surface area contributed by atoms with Crippen LogP contribution in [0.1, 0.15) is 25.3 Å². The number of hydrogen-bond acceptors (Lipinski definition) is 1. The van der Waals surface area contributed by atoms with Crippen LogP contribution in [0.25, 0.3) is 21.8 Å². The Balaban J connectivity index is 1.58. The van der Waals surface area contributed by atoms with Gasteiger partial charge >= 0.3 is 12.2 Å². The Labute approximate surface area is 160 Å². The normalized spacial score (nSPS) is 15.8. The summed E-state index contributed by atoms with van der Waals surface area (Å²) in [5.41, 5.74) is 1.08. The van der Waals surface area contributed by atoms with E-state index in [9.17, 15) is 18.0 Å². The van der Waals surface area contributed by atoms with Crippen molar-refractivity contribution in [2.24, 2.45) is 0 Å². The molecule has 1 heterocycles. The zero-order valence-electron chi connectivity index (χ0n) is 15.8. The Hall–Kier alpha value is -2.70. The van der Waals surface area contributed by atoms with Crippen molar-refractivity contribution in [3.63, 3.8) is 0 Å². The average Bonchev–Trinajstić information content (AvgIpc) is 3.38. The fourth-order valence-corrected chi connectivity index (χ4v) is 3.79. The van der Waals surface area contributed by atoms with Crippen LogP contribution in [0.5, 0.6) is 0 Å². The highest BCUT2D eigenvalue weighted by atomic mass is 19.4. The van der Waals surface area contributed by atoms with Crippen molar-refractivity contribution in [3.8, 4) is 0 Å². The van der Waals surface area contributed by atoms with Crippen LogP contribution in [-0.2, 0) is 13.1 Å². The lowest BCUT2D eigenvalue weighted by molar-refractivity contribution is -0.163. The van der Waals surface area contributed by atoms with E-state index in [2.05, 4.69) is 28.9 Å². The van der Waals surface area contributed by atoms with Crippen molar-refractivity contribution in [3.05, 3.63) is 48.0 Å². The topological polar surface area (TPSA) is 37.3 Å². The summed E-state index contributed by atoms with van der Waals surface area (Å²) in [6, 6.07) is 13.4. The van der Waals surface area contributed by atoms with Gasteiger partial charge in [0.05, 0.1) is 0 Å². The standard InChI is InChI=1S/C21H22F3N3O/c1-3-27-17-7-5-4-6-15(17)16-12-14(8-9-18(16)27)13-26(2)19(28)25-20(10-11-20)21(22,23)24/h4-9,12H,3,10-11,13H2,1-2H3,(H,25,28). The largest absolute Gasteiger partial charge is 0.411 e. The molecule has 0 radical (unpaired) electrons. The Kier molecular flexibility index (Phi) is 4.28. The summed E-state index contributed by atoms with van der Waals surface area (Å²) in [6.45, 7) is 3.17. The van der Waals surface area contributed by atoms with Crippen LogP contribution in [0.4, 0.5) is 18.0 Å². The number of carbonyl (C=O) groups is 1. The van der Waals surface area contributed by atoms with Crippen LogP contribution in [-0.4, -0.2) is 34.3 Å². The van der Waals surface area contributed by atoms with Crippen molar-refractivity contribution >= 4 is 27.8 Å². The smallest absolute Gasteiger partial charge is 0.341 e. The molecule has 0 spiro atoms. The van der Waals surface area contributed by atoms with Crippen molar-refractivity contribution in [1.82, 2.24) is 14.8 Å². The number of amides is 2. The minimum Gasteiger partial charge on any atom is -0.341 e. The quantitative estimate of drug-likeness (QED) is 0.666. The maximum absolute atomic E-state index is 13.1. The van der Waals surface area contributed by atoms with Gasteiger partial charge < -0.3 is 14.8 Å². The Morgan fingerprint density at radius 2 is 1.82 bits per heavy atom. The Morgan fingerprint density at radius 1 is 1.14 bits per heavy atom. The van der Waals surface area contributed by atoms with Crippen molar-refractivity contribution < 1.29 is 18.0 Å². The zero-order valence-corrected chi connectivity index (χ0v) is 15.8. The summed E-state index contributed by atoms with van der Waals surface area (Å²) in [5.74, 6) is 0. The van der Waals surface area contributed by atoms with Gasteiger partial charge in [-0.3, -0.25) is 0 Å². The summed E-state index contributed by atoms with van der Waals surface area (Å²) < 4.78 is 41.4. The first-order chi connectivity index (χ1) is 13.3. The molecule has 2 amide bonds. The number of nitrogens with zero attached hydrogens (tertiary/aromatic N) is 2. The van der Waals surface area contributed by atoms with Gasteiger partial charge in [-0.25, -0.2) is 4.79 Å². The molecule has 0 unspecified atom stereocenters. The van der Waals surface area contributed by atoms with Crippen LogP contribution in [0.2, 0.25) is 0 Å². The summed E-state index contributed by atoms with van der Waals surface area (Å²) in [5, 5.41) is 4.37. The zero-order chi connectivity index (χ0) is 20.1. The van der Waals surface area contributed by atoms with Crippen LogP contribution >= 0.6 is 0 Å². The first-order valence-electron chi connectivity index (χ1n) is 9.35. The number of aromatic nitrogens is 1. The molecule has 1 N–H and O–H groups in total. The van der Waals surface area contributed by atoms with Crippen molar-refractivity contribution in [1.29, 1.82) is 0 Å². The number of rotatable bonds is 4. The molecule has 1 fully saturated rings. The number of urea groups is 1. The monoisotopic (exact) mass is 389 g/mol. The van der Waals surface area contributed by atoms with Gasteiger partial charge in [0.1, 0.15) is 5.54 Å². The van der Waals surface area contributed by atoms with Crippen LogP contribution in [0.3, 0.4) is 0 Å². The van der Waals surface area contributed by atoms with Gasteiger partial charge in [-0.05, 0) is 43.5 Å². The molecule has 1 aliphatic rings. The molecule has 7 heteroatoms. The molecular weight excluding hydrogens is 367 g/mol. The minimum atomic E-state index is -4.41. The second-order valence-electron chi connectivity index (χ2n) is 7.48. The third-order valence-electron chi connectivity index (χ3n) is 5.56. The van der Waals surface area contributed by atoms with Gasteiger partial charge in [-0.15, -0.1) is 0 Å². The lowest BCUT2D eigenvalue weighted by atomic mass is 10.1. The fourth-order valence-electron chi connectivity index (χ4n) is 3.79. The highest BCUT2D eigenvalue weighted by molar-refractivity contribution is 6.08. The molecule has 3 aromatic rings. The molecule has 2 aromatic carbocycles. The second kappa shape index (κ2) is 6.43. The highest BCUT2D eigenvalue weighted by Gasteiger charge is 2.64. The molecule has 148 valence electrons. The molecule has 4 rings (SSSR count). The van der Waals surface area contributed by atoms with Crippen LogP contribution < -0.4 is 5.32 Å². The van der Waals surface area contributed by atoms with Crippen LogP contribution in [0.15, 0.2) is 42.5 Å². The van der Waals surface area contributed by atoms with Gasteiger partial charge in [-0.2, -0.15) is 13.2 Å². The van der Waals surface area contributed by atoms with E-state index in [1.165, 1.54) is 11.9 Å². The van der Waals surface area contributed by atoms with Gasteiger partial charge in [-0.1, -0.05) is 24.3 Å². The van der Waals surface area contributed by atoms with E-state index < -0.39 is 17.7 Å². The summed E-state index contributed by atoms with van der Waals surface area (Å²) in [7, 11) is 1.52. The van der Waals surface area contributed by atoms with E-state index in [4.69, 9.17) is 0 Å². The van der Waals surface area contributed by atoms with E-state index in [1.54, 1.807) is 0 Å². The molecule has 1 aromatic heterocycles. The SMILES string of the molecule is CCn1c2ccccc2c2cc(CN(C)C(=O)NC3(C(F)(F)F)CC3)ccc21. The lowest BCUT2D eigenvalue weighted by Crippen LogP contribution is -2.51. The van der Waals surface area contributed by atoms with E-state index in [-0.39, 0.29) is 19.4 Å². The number of hydrogen-bond donors (Lipinski definition) is 1. The molecule has 0 bridgehead atoms. The highest BCUT2D eigenvalue weighted by Crippen LogP contribution is 2.49. The summed E-state index contributed by atoms with van der Waals surface area (Å²) in [4.78, 5) is 13.6. The van der Waals surface area contributed by atoms with Crippen molar-refractivity contribution in [2.45, 2.75) is 44.6 Å². The second-order valence-corrected chi connectivity index (χ2v) is 7.48. The number of halogens is 3. The first-order valence-corrected chi connectivity index (χ1v) is 9.35. The van der Waals surface area contributed by atoms with E-state index in [1.807, 2.05) is 30.3 Å². The molecule has 0 atom stereocenters. The summed E-state index contributed by atoms with van der Waals surface area (Å²) in [6.07, 6.45) is -4.53. The van der Waals surface area contributed by atoms with Crippen LogP contribution in [0, 0.1) is 0 Å². The van der Waals surface area contributed by atoms with Gasteiger partial charge in [0.25, 0.3) is 0 Å². The Bertz CT molecular complexity index is 1050. The number of benzene rings is 2. The number of aryl methyl sites for hydroxylation is 1. The number of alkyl halides is 3. The average molecular weight is 389 g/mol. The number of carbonyl (C=O) groups excluding carboxylic acids is 1. The predicted octanol–water partition coefficient (Wildman–Crippen LogP) is 5.05. The first kappa shape index (κ1) is 18.7.